The van der Waals surface area contributed by atoms with Gasteiger partial charge in [-0.3, -0.25) is 4.99 Å². The molecular weight excluding hydrogens is 272 g/mol. The van der Waals surface area contributed by atoms with E-state index >= 15 is 0 Å². The minimum Gasteiger partial charge on any atom is -0.497 e. The first-order valence-electron chi connectivity index (χ1n) is 7.88. The van der Waals surface area contributed by atoms with E-state index < -0.39 is 0 Å². The number of benzene rings is 2. The van der Waals surface area contributed by atoms with Crippen molar-refractivity contribution in [2.24, 2.45) is 4.99 Å². The molecule has 0 atom stereocenters. The third-order valence-electron chi connectivity index (χ3n) is 4.05. The summed E-state index contributed by atoms with van der Waals surface area (Å²) in [5.74, 6) is 0.864. The second-order valence-corrected chi connectivity index (χ2v) is 5.60. The molecular formula is C19H22N2O. The Bertz CT molecular complexity index is 611. The molecule has 1 heterocycles. The molecule has 2 aromatic rings. The quantitative estimate of drug-likeness (QED) is 0.779. The van der Waals surface area contributed by atoms with Crippen LogP contribution in [0, 0.1) is 0 Å². The van der Waals surface area contributed by atoms with E-state index in [1.807, 2.05) is 30.5 Å². The lowest BCUT2D eigenvalue weighted by Gasteiger charge is -2.28. The van der Waals surface area contributed by atoms with Crippen molar-refractivity contribution < 1.29 is 4.74 Å². The zero-order valence-electron chi connectivity index (χ0n) is 13.0. The molecule has 1 aliphatic rings. The maximum Gasteiger partial charge on any atom is 0.118 e. The van der Waals surface area contributed by atoms with Gasteiger partial charge in [-0.25, -0.2) is 0 Å². The van der Waals surface area contributed by atoms with Gasteiger partial charge in [0.1, 0.15) is 5.75 Å². The summed E-state index contributed by atoms with van der Waals surface area (Å²) >= 11 is 0. The molecule has 1 aliphatic heterocycles. The lowest BCUT2D eigenvalue weighted by Crippen LogP contribution is -2.29. The zero-order chi connectivity index (χ0) is 15.2. The van der Waals surface area contributed by atoms with E-state index in [-0.39, 0.29) is 0 Å². The SMILES string of the molecule is COc1ccc(C=Nc2ccc(N3CCCCC3)cc2)cc1. The van der Waals surface area contributed by atoms with Crippen molar-refractivity contribution in [1.82, 2.24) is 0 Å². The van der Waals surface area contributed by atoms with Crippen molar-refractivity contribution in [3.63, 3.8) is 0 Å². The number of nitrogens with zero attached hydrogens (tertiary/aromatic N) is 2. The van der Waals surface area contributed by atoms with Gasteiger partial charge in [-0.05, 0) is 73.4 Å². The minimum atomic E-state index is 0.864. The number of piperidine rings is 1. The van der Waals surface area contributed by atoms with Crippen molar-refractivity contribution in [2.45, 2.75) is 19.3 Å². The molecule has 0 radical (unpaired) electrons. The second-order valence-electron chi connectivity index (χ2n) is 5.60. The lowest BCUT2D eigenvalue weighted by atomic mass is 10.1. The molecule has 3 rings (SSSR count). The molecule has 0 aliphatic carbocycles. The van der Waals surface area contributed by atoms with E-state index in [9.17, 15) is 0 Å². The van der Waals surface area contributed by atoms with E-state index in [0.29, 0.717) is 0 Å². The van der Waals surface area contributed by atoms with Crippen LogP contribution in [0.1, 0.15) is 24.8 Å². The predicted molar refractivity (Wildman–Crippen MR) is 92.8 cm³/mol. The molecule has 0 N–H and O–H groups in total. The first kappa shape index (κ1) is 14.6. The van der Waals surface area contributed by atoms with E-state index in [1.165, 1.54) is 38.0 Å². The van der Waals surface area contributed by atoms with Gasteiger partial charge >= 0.3 is 0 Å². The van der Waals surface area contributed by atoms with Gasteiger partial charge in [-0.2, -0.15) is 0 Å². The summed E-state index contributed by atoms with van der Waals surface area (Å²) in [7, 11) is 1.67. The number of rotatable bonds is 4. The Kier molecular flexibility index (Phi) is 4.74. The van der Waals surface area contributed by atoms with E-state index in [2.05, 4.69) is 34.2 Å². The Morgan fingerprint density at radius 1 is 0.909 bits per heavy atom. The minimum absolute atomic E-state index is 0.864. The van der Waals surface area contributed by atoms with Crippen LogP contribution in [-0.2, 0) is 0 Å². The first-order valence-corrected chi connectivity index (χ1v) is 7.88. The Hall–Kier alpha value is -2.29. The first-order chi connectivity index (χ1) is 10.8. The van der Waals surface area contributed by atoms with Crippen molar-refractivity contribution >= 4 is 17.6 Å². The monoisotopic (exact) mass is 294 g/mol. The number of ether oxygens (including phenoxy) is 1. The molecule has 0 unspecified atom stereocenters. The molecule has 3 nitrogen and oxygen atoms in total. The van der Waals surface area contributed by atoms with Crippen molar-refractivity contribution in [1.29, 1.82) is 0 Å². The van der Waals surface area contributed by atoms with Crippen LogP contribution in [0.25, 0.3) is 0 Å². The van der Waals surface area contributed by atoms with Crippen molar-refractivity contribution in [3.05, 3.63) is 54.1 Å². The largest absolute Gasteiger partial charge is 0.497 e. The smallest absolute Gasteiger partial charge is 0.118 e. The number of methoxy groups -OCH3 is 1. The number of anilines is 1. The van der Waals surface area contributed by atoms with Crippen LogP contribution in [0.4, 0.5) is 11.4 Å². The van der Waals surface area contributed by atoms with Crippen LogP contribution in [0.3, 0.4) is 0 Å². The molecule has 114 valence electrons. The molecule has 0 spiro atoms. The second kappa shape index (κ2) is 7.12. The van der Waals surface area contributed by atoms with Crippen molar-refractivity contribution in [3.8, 4) is 5.75 Å². The van der Waals surface area contributed by atoms with Gasteiger partial charge in [-0.15, -0.1) is 0 Å². The summed E-state index contributed by atoms with van der Waals surface area (Å²) in [4.78, 5) is 6.99. The summed E-state index contributed by atoms with van der Waals surface area (Å²) in [6.07, 6.45) is 5.85. The molecule has 3 heteroatoms. The third kappa shape index (κ3) is 3.67. The summed E-state index contributed by atoms with van der Waals surface area (Å²) < 4.78 is 5.15. The third-order valence-corrected chi connectivity index (χ3v) is 4.05. The Balaban J connectivity index is 1.65. The van der Waals surface area contributed by atoms with E-state index in [1.54, 1.807) is 7.11 Å². The van der Waals surface area contributed by atoms with Gasteiger partial charge in [0.2, 0.25) is 0 Å². The normalized spacial score (nSPS) is 15.2. The summed E-state index contributed by atoms with van der Waals surface area (Å²) in [6, 6.07) is 16.4. The lowest BCUT2D eigenvalue weighted by molar-refractivity contribution is 0.415. The van der Waals surface area contributed by atoms with E-state index in [0.717, 1.165) is 17.0 Å². The molecule has 1 saturated heterocycles. The van der Waals surface area contributed by atoms with Gasteiger partial charge in [-0.1, -0.05) is 0 Å². The molecule has 1 fully saturated rings. The van der Waals surface area contributed by atoms with Crippen LogP contribution >= 0.6 is 0 Å². The fourth-order valence-corrected chi connectivity index (χ4v) is 2.74. The zero-order valence-corrected chi connectivity index (χ0v) is 13.0. The van der Waals surface area contributed by atoms with Gasteiger partial charge in [0.15, 0.2) is 0 Å². The van der Waals surface area contributed by atoms with Gasteiger partial charge in [0.25, 0.3) is 0 Å². The van der Waals surface area contributed by atoms with Crippen LogP contribution in [0.5, 0.6) is 5.75 Å². The van der Waals surface area contributed by atoms with E-state index in [4.69, 9.17) is 4.74 Å². The molecule has 0 bridgehead atoms. The van der Waals surface area contributed by atoms with Gasteiger partial charge in [0.05, 0.1) is 12.8 Å². The fraction of sp³-hybridized carbons (Fsp3) is 0.316. The van der Waals surface area contributed by atoms with Crippen LogP contribution in [0.15, 0.2) is 53.5 Å². The fourth-order valence-electron chi connectivity index (χ4n) is 2.74. The maximum atomic E-state index is 5.15. The Morgan fingerprint density at radius 3 is 2.23 bits per heavy atom. The van der Waals surface area contributed by atoms with Crippen LogP contribution < -0.4 is 9.64 Å². The highest BCUT2D eigenvalue weighted by molar-refractivity contribution is 5.82. The summed E-state index contributed by atoms with van der Waals surface area (Å²) in [5, 5.41) is 0. The molecule has 22 heavy (non-hydrogen) atoms. The van der Waals surface area contributed by atoms with Crippen LogP contribution in [-0.4, -0.2) is 26.4 Å². The maximum absolute atomic E-state index is 5.15. The van der Waals surface area contributed by atoms with Crippen molar-refractivity contribution in [2.75, 3.05) is 25.1 Å². The average Bonchev–Trinajstić information content (AvgIpc) is 2.61. The molecule has 0 saturated carbocycles. The highest BCUT2D eigenvalue weighted by Crippen LogP contribution is 2.23. The predicted octanol–water partition coefficient (Wildman–Crippen LogP) is 4.44. The van der Waals surface area contributed by atoms with Crippen LogP contribution in [0.2, 0.25) is 0 Å². The highest BCUT2D eigenvalue weighted by Gasteiger charge is 2.10. The molecule has 0 amide bonds. The molecule has 0 aromatic heterocycles. The Labute approximate surface area is 132 Å². The number of hydrogen-bond donors (Lipinski definition) is 0. The van der Waals surface area contributed by atoms with Gasteiger partial charge < -0.3 is 9.64 Å². The Morgan fingerprint density at radius 2 is 1.59 bits per heavy atom. The van der Waals surface area contributed by atoms with Gasteiger partial charge in [0, 0.05) is 25.0 Å². The molecule has 2 aromatic carbocycles. The number of hydrogen-bond acceptors (Lipinski definition) is 3. The number of aliphatic imine (C=N–C) groups is 1. The average molecular weight is 294 g/mol. The highest BCUT2D eigenvalue weighted by atomic mass is 16.5. The topological polar surface area (TPSA) is 24.8 Å². The standard InChI is InChI=1S/C19H22N2O/c1-22-19-11-5-16(6-12-19)15-20-17-7-9-18(10-8-17)21-13-3-2-4-14-21/h5-12,15H,2-4,13-14H2,1H3. The summed E-state index contributed by atoms with van der Waals surface area (Å²) in [5.41, 5.74) is 3.36. The summed E-state index contributed by atoms with van der Waals surface area (Å²) in [6.45, 7) is 2.35.